The minimum atomic E-state index is -0.403. The van der Waals surface area contributed by atoms with E-state index in [0.717, 1.165) is 29.9 Å². The van der Waals surface area contributed by atoms with Crippen LogP contribution in [-0.2, 0) is 4.79 Å². The monoisotopic (exact) mass is 422 g/mol. The normalized spacial score (nSPS) is 25.2. The fraction of sp³-hybridized carbons (Fsp3) is 0.417. The van der Waals surface area contributed by atoms with Gasteiger partial charge in [0.1, 0.15) is 24.2 Å². The van der Waals surface area contributed by atoms with Crippen molar-refractivity contribution in [3.63, 3.8) is 0 Å². The quantitative estimate of drug-likeness (QED) is 0.790. The Balaban J connectivity index is 1.71. The van der Waals surface area contributed by atoms with Crippen LogP contribution in [0.1, 0.15) is 33.6 Å². The number of fused-ring (bicyclic) bond motifs is 3. The summed E-state index contributed by atoms with van der Waals surface area (Å²) in [6, 6.07) is 10.8. The van der Waals surface area contributed by atoms with Gasteiger partial charge in [0.25, 0.3) is 5.91 Å². The molecular weight excluding hydrogens is 395 g/mol. The van der Waals surface area contributed by atoms with Gasteiger partial charge in [0.2, 0.25) is 0 Å². The topological polar surface area (TPSA) is 57.2 Å². The van der Waals surface area contributed by atoms with Crippen molar-refractivity contribution in [2.24, 2.45) is 11.0 Å². The zero-order chi connectivity index (χ0) is 21.7. The lowest BCUT2D eigenvalue weighted by Gasteiger charge is -2.42. The maximum Gasteiger partial charge on any atom is 0.262 e. The molecule has 162 valence electrons. The summed E-state index contributed by atoms with van der Waals surface area (Å²) in [6.07, 6.45) is 2.27. The summed E-state index contributed by atoms with van der Waals surface area (Å²) >= 11 is 0. The predicted octanol–water partition coefficient (Wildman–Crippen LogP) is 4.15. The summed E-state index contributed by atoms with van der Waals surface area (Å²) in [5, 5.41) is 4.19. The van der Waals surface area contributed by atoms with Crippen molar-refractivity contribution in [1.29, 1.82) is 0 Å². The number of hydrazone groups is 1. The first-order valence-corrected chi connectivity index (χ1v) is 10.9. The van der Waals surface area contributed by atoms with E-state index in [1.807, 2.05) is 30.0 Å². The summed E-state index contributed by atoms with van der Waals surface area (Å²) in [5.74, 6) is 1.44. The minimum Gasteiger partial charge on any atom is -0.483 e. The molecule has 0 radical (unpaired) electrons. The Bertz CT molecular complexity index is 1070. The maximum atomic E-state index is 14.9. The molecule has 0 aromatic heterocycles. The van der Waals surface area contributed by atoms with E-state index in [0.29, 0.717) is 29.1 Å². The highest BCUT2D eigenvalue weighted by Gasteiger charge is 2.37. The Morgan fingerprint density at radius 2 is 1.90 bits per heavy atom. The van der Waals surface area contributed by atoms with Gasteiger partial charge in [-0.15, -0.1) is 0 Å². The van der Waals surface area contributed by atoms with Gasteiger partial charge in [0, 0.05) is 29.4 Å². The molecule has 3 atom stereocenters. The van der Waals surface area contributed by atoms with E-state index < -0.39 is 6.04 Å². The van der Waals surface area contributed by atoms with Gasteiger partial charge in [-0.25, -0.2) is 9.82 Å². The molecule has 0 bridgehead atoms. The molecule has 3 aliphatic rings. The Hall–Kier alpha value is -3.09. The highest BCUT2D eigenvalue weighted by Crippen LogP contribution is 2.45. The first kappa shape index (κ1) is 19.8. The SMILES string of the molecule is CC1C(=O)NN=C2COc3cc(-c4ccccc4F)c(N4C[C@H](C)CC[C@H]4C)cc3N21. The van der Waals surface area contributed by atoms with Gasteiger partial charge in [0.15, 0.2) is 5.84 Å². The number of amides is 1. The maximum absolute atomic E-state index is 14.9. The fourth-order valence-corrected chi connectivity index (χ4v) is 4.82. The zero-order valence-corrected chi connectivity index (χ0v) is 18.1. The second-order valence-corrected chi connectivity index (χ2v) is 8.84. The molecule has 7 heteroatoms. The molecule has 0 spiro atoms. The summed E-state index contributed by atoms with van der Waals surface area (Å²) in [4.78, 5) is 16.6. The van der Waals surface area contributed by atoms with Gasteiger partial charge in [-0.1, -0.05) is 25.1 Å². The molecular formula is C24H27FN4O2. The summed E-state index contributed by atoms with van der Waals surface area (Å²) in [5.41, 5.74) is 5.69. The van der Waals surface area contributed by atoms with Gasteiger partial charge >= 0.3 is 0 Å². The molecule has 3 aliphatic heterocycles. The van der Waals surface area contributed by atoms with Crippen LogP contribution in [0.2, 0.25) is 0 Å². The molecule has 31 heavy (non-hydrogen) atoms. The largest absolute Gasteiger partial charge is 0.483 e. The molecule has 0 saturated carbocycles. The highest BCUT2D eigenvalue weighted by molar-refractivity contribution is 6.10. The number of hydrogen-bond donors (Lipinski definition) is 1. The third-order valence-corrected chi connectivity index (χ3v) is 6.62. The Morgan fingerprint density at radius 1 is 1.10 bits per heavy atom. The van der Waals surface area contributed by atoms with Gasteiger partial charge in [-0.3, -0.25) is 4.79 Å². The molecule has 2 aromatic rings. The molecule has 1 amide bonds. The van der Waals surface area contributed by atoms with Gasteiger partial charge < -0.3 is 14.5 Å². The van der Waals surface area contributed by atoms with Crippen LogP contribution < -0.4 is 20.0 Å². The van der Waals surface area contributed by atoms with Crippen LogP contribution in [-0.4, -0.2) is 37.0 Å². The number of anilines is 2. The first-order valence-electron chi connectivity index (χ1n) is 10.9. The van der Waals surface area contributed by atoms with Crippen LogP contribution in [0.3, 0.4) is 0 Å². The first-order chi connectivity index (χ1) is 14.9. The number of carbonyl (C=O) groups is 1. The average molecular weight is 423 g/mol. The minimum absolute atomic E-state index is 0.156. The van der Waals surface area contributed by atoms with E-state index in [9.17, 15) is 9.18 Å². The molecule has 1 unspecified atom stereocenters. The van der Waals surface area contributed by atoms with E-state index in [4.69, 9.17) is 4.74 Å². The third kappa shape index (κ3) is 3.32. The lowest BCUT2D eigenvalue weighted by Crippen LogP contribution is -2.55. The van der Waals surface area contributed by atoms with Crippen molar-refractivity contribution < 1.29 is 13.9 Å². The van der Waals surface area contributed by atoms with E-state index in [-0.39, 0.29) is 18.3 Å². The van der Waals surface area contributed by atoms with Crippen LogP contribution in [0.25, 0.3) is 11.1 Å². The van der Waals surface area contributed by atoms with Crippen LogP contribution in [0.5, 0.6) is 5.75 Å². The number of nitrogens with one attached hydrogen (secondary N) is 1. The number of ether oxygens (including phenoxy) is 1. The molecule has 2 aromatic carbocycles. The lowest BCUT2D eigenvalue weighted by molar-refractivity contribution is -0.122. The second-order valence-electron chi connectivity index (χ2n) is 8.84. The van der Waals surface area contributed by atoms with Gasteiger partial charge in [-0.2, -0.15) is 5.10 Å². The van der Waals surface area contributed by atoms with Crippen molar-refractivity contribution >= 4 is 23.1 Å². The Kier molecular flexibility index (Phi) is 4.84. The summed E-state index contributed by atoms with van der Waals surface area (Å²) < 4.78 is 20.9. The number of halogens is 1. The molecule has 1 N–H and O–H groups in total. The van der Waals surface area contributed by atoms with E-state index >= 15 is 0 Å². The van der Waals surface area contributed by atoms with Crippen molar-refractivity contribution in [2.75, 3.05) is 23.0 Å². The van der Waals surface area contributed by atoms with Crippen LogP contribution in [0, 0.1) is 11.7 Å². The van der Waals surface area contributed by atoms with Crippen molar-refractivity contribution in [3.8, 4) is 16.9 Å². The number of piperidine rings is 1. The fourth-order valence-electron chi connectivity index (χ4n) is 4.82. The smallest absolute Gasteiger partial charge is 0.262 e. The number of benzene rings is 2. The van der Waals surface area contributed by atoms with E-state index in [1.54, 1.807) is 6.07 Å². The predicted molar refractivity (Wildman–Crippen MR) is 120 cm³/mol. The molecule has 6 nitrogen and oxygen atoms in total. The van der Waals surface area contributed by atoms with E-state index in [1.165, 1.54) is 12.5 Å². The molecule has 3 heterocycles. The number of nitrogens with zero attached hydrogens (tertiary/aromatic N) is 3. The molecule has 0 aliphatic carbocycles. The van der Waals surface area contributed by atoms with Gasteiger partial charge in [-0.05, 0) is 50.8 Å². The number of amidine groups is 1. The summed E-state index contributed by atoms with van der Waals surface area (Å²) in [7, 11) is 0. The number of carbonyl (C=O) groups excluding carboxylic acids is 1. The Labute approximate surface area is 181 Å². The van der Waals surface area contributed by atoms with Crippen LogP contribution >= 0.6 is 0 Å². The van der Waals surface area contributed by atoms with Crippen molar-refractivity contribution in [3.05, 3.63) is 42.2 Å². The zero-order valence-electron chi connectivity index (χ0n) is 18.1. The number of rotatable bonds is 2. The molecule has 1 saturated heterocycles. The standard InChI is InChI=1S/C24H27FN4O2/c1-14-8-9-15(2)28(12-14)20-11-21-22(10-18(20)17-6-4-5-7-19(17)25)31-13-23-26-27-24(30)16(3)29(21)23/h4-7,10-11,14-16H,8-9,12-13H2,1-3H3,(H,27,30)/t14-,15-,16?/m1/s1. The molecule has 1 fully saturated rings. The van der Waals surface area contributed by atoms with E-state index in [2.05, 4.69) is 35.3 Å². The van der Waals surface area contributed by atoms with Gasteiger partial charge in [0.05, 0.1) is 5.69 Å². The summed E-state index contributed by atoms with van der Waals surface area (Å²) in [6.45, 7) is 7.49. The van der Waals surface area contributed by atoms with Crippen molar-refractivity contribution in [2.45, 2.75) is 45.7 Å². The molecule has 5 rings (SSSR count). The third-order valence-electron chi connectivity index (χ3n) is 6.62. The lowest BCUT2D eigenvalue weighted by atomic mass is 9.92. The van der Waals surface area contributed by atoms with Crippen LogP contribution in [0.15, 0.2) is 41.5 Å². The van der Waals surface area contributed by atoms with Crippen LogP contribution in [0.4, 0.5) is 15.8 Å². The highest BCUT2D eigenvalue weighted by atomic mass is 19.1. The average Bonchev–Trinajstić information content (AvgIpc) is 2.77. The van der Waals surface area contributed by atoms with Crippen molar-refractivity contribution in [1.82, 2.24) is 5.43 Å². The second kappa shape index (κ2) is 7.55. The Morgan fingerprint density at radius 3 is 2.71 bits per heavy atom. The number of hydrogen-bond acceptors (Lipinski definition) is 5.